The lowest BCUT2D eigenvalue weighted by Gasteiger charge is -2.07. The van der Waals surface area contributed by atoms with Crippen LogP contribution in [0.3, 0.4) is 0 Å². The molecule has 0 atom stereocenters. The second-order valence-electron chi connectivity index (χ2n) is 3.59. The largest absolute Gasteiger partial charge is 0.494 e. The molecule has 0 unspecified atom stereocenters. The zero-order valence-corrected chi connectivity index (χ0v) is 9.21. The summed E-state index contributed by atoms with van der Waals surface area (Å²) >= 11 is 0. The van der Waals surface area contributed by atoms with Crippen molar-refractivity contribution in [3.05, 3.63) is 48.0 Å². The molecule has 0 radical (unpaired) electrons. The SMILES string of the molecule is COc1cc(F)c(-c2cccc(N)c2)cc1F. The Morgan fingerprint density at radius 2 is 1.82 bits per heavy atom. The molecule has 2 N–H and O–H groups in total. The second-order valence-corrected chi connectivity index (χ2v) is 3.59. The van der Waals surface area contributed by atoms with E-state index in [2.05, 4.69) is 0 Å². The van der Waals surface area contributed by atoms with Crippen molar-refractivity contribution < 1.29 is 13.5 Å². The highest BCUT2D eigenvalue weighted by Crippen LogP contribution is 2.29. The highest BCUT2D eigenvalue weighted by molar-refractivity contribution is 5.68. The summed E-state index contributed by atoms with van der Waals surface area (Å²) < 4.78 is 31.9. The van der Waals surface area contributed by atoms with Gasteiger partial charge in [0.15, 0.2) is 11.6 Å². The summed E-state index contributed by atoms with van der Waals surface area (Å²) in [6.07, 6.45) is 0. The Hall–Kier alpha value is -2.10. The Labute approximate surface area is 97.6 Å². The van der Waals surface area contributed by atoms with Gasteiger partial charge in [0, 0.05) is 17.3 Å². The molecule has 0 aliphatic rings. The maximum absolute atomic E-state index is 13.7. The van der Waals surface area contributed by atoms with Crippen LogP contribution in [0.4, 0.5) is 14.5 Å². The molecule has 0 bridgehead atoms. The Kier molecular flexibility index (Phi) is 2.95. The first kappa shape index (κ1) is 11.4. The van der Waals surface area contributed by atoms with E-state index in [9.17, 15) is 8.78 Å². The molecule has 0 saturated carbocycles. The van der Waals surface area contributed by atoms with Crippen LogP contribution in [0.5, 0.6) is 5.75 Å². The average Bonchev–Trinajstić information content (AvgIpc) is 2.31. The number of methoxy groups -OCH3 is 1. The van der Waals surface area contributed by atoms with E-state index >= 15 is 0 Å². The maximum atomic E-state index is 13.7. The van der Waals surface area contributed by atoms with Gasteiger partial charge < -0.3 is 10.5 Å². The molecule has 17 heavy (non-hydrogen) atoms. The van der Waals surface area contributed by atoms with Crippen LogP contribution in [0.25, 0.3) is 11.1 Å². The Balaban J connectivity index is 2.56. The zero-order valence-electron chi connectivity index (χ0n) is 9.21. The van der Waals surface area contributed by atoms with Crippen LogP contribution >= 0.6 is 0 Å². The van der Waals surface area contributed by atoms with Crippen LogP contribution in [0.1, 0.15) is 0 Å². The molecule has 0 fully saturated rings. The molecule has 2 aromatic carbocycles. The number of halogens is 2. The standard InChI is InChI=1S/C13H11F2NO/c1-17-13-7-11(14)10(6-12(13)15)8-3-2-4-9(16)5-8/h2-7H,16H2,1H3. The summed E-state index contributed by atoms with van der Waals surface area (Å²) in [5, 5.41) is 0. The van der Waals surface area contributed by atoms with Crippen molar-refractivity contribution in [2.45, 2.75) is 0 Å². The van der Waals surface area contributed by atoms with Gasteiger partial charge in [-0.15, -0.1) is 0 Å². The van der Waals surface area contributed by atoms with E-state index < -0.39 is 11.6 Å². The smallest absolute Gasteiger partial charge is 0.165 e. The van der Waals surface area contributed by atoms with Crippen molar-refractivity contribution in [2.24, 2.45) is 0 Å². The lowest BCUT2D eigenvalue weighted by atomic mass is 10.0. The molecule has 0 heterocycles. The third kappa shape index (κ3) is 2.20. The van der Waals surface area contributed by atoms with Gasteiger partial charge in [-0.3, -0.25) is 0 Å². The van der Waals surface area contributed by atoms with Crippen molar-refractivity contribution in [3.8, 4) is 16.9 Å². The number of rotatable bonds is 2. The quantitative estimate of drug-likeness (QED) is 0.811. The number of nitrogen functional groups attached to an aromatic ring is 1. The number of hydrogen-bond acceptors (Lipinski definition) is 2. The van der Waals surface area contributed by atoms with E-state index in [0.29, 0.717) is 11.3 Å². The van der Waals surface area contributed by atoms with Gasteiger partial charge >= 0.3 is 0 Å². The fourth-order valence-electron chi connectivity index (χ4n) is 1.61. The second kappa shape index (κ2) is 4.41. The van der Waals surface area contributed by atoms with E-state index in [0.717, 1.165) is 12.1 Å². The number of hydrogen-bond donors (Lipinski definition) is 1. The van der Waals surface area contributed by atoms with Crippen LogP contribution < -0.4 is 10.5 Å². The number of anilines is 1. The van der Waals surface area contributed by atoms with Gasteiger partial charge in [-0.2, -0.15) is 0 Å². The molecule has 88 valence electrons. The number of nitrogens with two attached hydrogens (primary N) is 1. The van der Waals surface area contributed by atoms with Crippen LogP contribution in [0.2, 0.25) is 0 Å². The van der Waals surface area contributed by atoms with E-state index in [1.165, 1.54) is 7.11 Å². The minimum absolute atomic E-state index is 0.116. The predicted octanol–water partition coefficient (Wildman–Crippen LogP) is 3.22. The van der Waals surface area contributed by atoms with Gasteiger partial charge in [0.25, 0.3) is 0 Å². The average molecular weight is 235 g/mol. The van der Waals surface area contributed by atoms with Gasteiger partial charge in [0.05, 0.1) is 7.11 Å². The Morgan fingerprint density at radius 1 is 1.06 bits per heavy atom. The van der Waals surface area contributed by atoms with Crippen LogP contribution in [-0.2, 0) is 0 Å². The summed E-state index contributed by atoms with van der Waals surface area (Å²) in [5.41, 5.74) is 6.79. The molecule has 0 aliphatic carbocycles. The third-order valence-electron chi connectivity index (χ3n) is 2.44. The van der Waals surface area contributed by atoms with Gasteiger partial charge in [-0.05, 0) is 23.8 Å². The fourth-order valence-corrected chi connectivity index (χ4v) is 1.61. The Bertz CT molecular complexity index is 555. The highest BCUT2D eigenvalue weighted by Gasteiger charge is 2.11. The Morgan fingerprint density at radius 3 is 2.47 bits per heavy atom. The minimum Gasteiger partial charge on any atom is -0.494 e. The number of ether oxygens (including phenoxy) is 1. The van der Waals surface area contributed by atoms with E-state index in [-0.39, 0.29) is 11.3 Å². The molecule has 0 aromatic heterocycles. The topological polar surface area (TPSA) is 35.2 Å². The van der Waals surface area contributed by atoms with E-state index in [1.807, 2.05) is 0 Å². The molecular formula is C13H11F2NO. The third-order valence-corrected chi connectivity index (χ3v) is 2.44. The molecule has 0 amide bonds. The first-order valence-corrected chi connectivity index (χ1v) is 5.01. The summed E-state index contributed by atoms with van der Waals surface area (Å²) in [4.78, 5) is 0. The number of benzene rings is 2. The highest BCUT2D eigenvalue weighted by atomic mass is 19.1. The van der Waals surface area contributed by atoms with Crippen molar-refractivity contribution >= 4 is 5.69 Å². The van der Waals surface area contributed by atoms with Gasteiger partial charge in [-0.1, -0.05) is 12.1 Å². The van der Waals surface area contributed by atoms with Gasteiger partial charge in [0.2, 0.25) is 0 Å². The molecule has 0 saturated heterocycles. The van der Waals surface area contributed by atoms with Crippen LogP contribution in [-0.4, -0.2) is 7.11 Å². The van der Waals surface area contributed by atoms with E-state index in [4.69, 9.17) is 10.5 Å². The molecule has 2 rings (SSSR count). The minimum atomic E-state index is -0.605. The van der Waals surface area contributed by atoms with Crippen molar-refractivity contribution in [3.63, 3.8) is 0 Å². The maximum Gasteiger partial charge on any atom is 0.165 e. The molecule has 2 nitrogen and oxygen atoms in total. The molecule has 0 aliphatic heterocycles. The lowest BCUT2D eigenvalue weighted by Crippen LogP contribution is -1.93. The summed E-state index contributed by atoms with van der Waals surface area (Å²) in [6.45, 7) is 0. The fraction of sp³-hybridized carbons (Fsp3) is 0.0769. The summed E-state index contributed by atoms with van der Waals surface area (Å²) in [6, 6.07) is 8.75. The van der Waals surface area contributed by atoms with Crippen molar-refractivity contribution in [1.29, 1.82) is 0 Å². The lowest BCUT2D eigenvalue weighted by molar-refractivity contribution is 0.383. The molecule has 4 heteroatoms. The summed E-state index contributed by atoms with van der Waals surface area (Å²) in [7, 11) is 1.29. The molecule has 0 spiro atoms. The predicted molar refractivity (Wildman–Crippen MR) is 62.8 cm³/mol. The van der Waals surface area contributed by atoms with Crippen LogP contribution in [0.15, 0.2) is 36.4 Å². The van der Waals surface area contributed by atoms with Crippen LogP contribution in [0, 0.1) is 11.6 Å². The van der Waals surface area contributed by atoms with Gasteiger partial charge in [-0.25, -0.2) is 8.78 Å². The van der Waals surface area contributed by atoms with Crippen molar-refractivity contribution in [2.75, 3.05) is 12.8 Å². The molecular weight excluding hydrogens is 224 g/mol. The first-order chi connectivity index (χ1) is 8.11. The molecule has 2 aromatic rings. The summed E-state index contributed by atoms with van der Waals surface area (Å²) in [5.74, 6) is -1.27. The van der Waals surface area contributed by atoms with Gasteiger partial charge in [0.1, 0.15) is 5.82 Å². The normalized spacial score (nSPS) is 10.3. The monoisotopic (exact) mass is 235 g/mol. The van der Waals surface area contributed by atoms with E-state index in [1.54, 1.807) is 24.3 Å². The van der Waals surface area contributed by atoms with Crippen molar-refractivity contribution in [1.82, 2.24) is 0 Å². The first-order valence-electron chi connectivity index (χ1n) is 5.01. The zero-order chi connectivity index (χ0) is 12.4.